The maximum Gasteiger partial charge on any atom is 0.341 e. The standard InChI is InChI=1S/C19H16BrFN2O4/c1-10-6-14(12(3)23(10)18-7-11(2)27-22-18)17(24)9-26-19(25)15-8-13(20)4-5-16(15)21/h4-8H,9H2,1-3H3. The van der Waals surface area contributed by atoms with Gasteiger partial charge in [0.2, 0.25) is 5.78 Å². The first-order chi connectivity index (χ1) is 12.8. The Morgan fingerprint density at radius 2 is 1.93 bits per heavy atom. The maximum absolute atomic E-state index is 13.8. The summed E-state index contributed by atoms with van der Waals surface area (Å²) in [6.45, 7) is 4.88. The Balaban J connectivity index is 1.77. The molecule has 0 aliphatic heterocycles. The lowest BCUT2D eigenvalue weighted by atomic mass is 10.1. The highest BCUT2D eigenvalue weighted by Gasteiger charge is 2.21. The number of nitrogens with zero attached hydrogens (tertiary/aromatic N) is 2. The van der Waals surface area contributed by atoms with Crippen molar-refractivity contribution < 1.29 is 23.2 Å². The van der Waals surface area contributed by atoms with E-state index in [9.17, 15) is 14.0 Å². The van der Waals surface area contributed by atoms with Crippen LogP contribution in [0, 0.1) is 26.6 Å². The fourth-order valence-corrected chi connectivity index (χ4v) is 3.16. The third-order valence-corrected chi connectivity index (χ3v) is 4.55. The first-order valence-electron chi connectivity index (χ1n) is 8.06. The second kappa shape index (κ2) is 7.48. The number of ether oxygens (including phenoxy) is 1. The zero-order valence-corrected chi connectivity index (χ0v) is 16.5. The molecular formula is C19H16BrFN2O4. The zero-order chi connectivity index (χ0) is 19.7. The molecule has 0 saturated carbocycles. The topological polar surface area (TPSA) is 74.3 Å². The van der Waals surface area contributed by atoms with Crippen molar-refractivity contribution in [2.45, 2.75) is 20.8 Å². The van der Waals surface area contributed by atoms with Crippen molar-refractivity contribution in [1.29, 1.82) is 0 Å². The lowest BCUT2D eigenvalue weighted by Gasteiger charge is -2.07. The van der Waals surface area contributed by atoms with Gasteiger partial charge in [0.05, 0.1) is 5.56 Å². The third-order valence-electron chi connectivity index (χ3n) is 4.06. The molecule has 8 heteroatoms. The number of halogens is 2. The van der Waals surface area contributed by atoms with Crippen LogP contribution in [0.2, 0.25) is 0 Å². The summed E-state index contributed by atoms with van der Waals surface area (Å²) >= 11 is 3.17. The minimum Gasteiger partial charge on any atom is -0.454 e. The number of hydrogen-bond donors (Lipinski definition) is 0. The summed E-state index contributed by atoms with van der Waals surface area (Å²) in [5.41, 5.74) is 1.60. The molecule has 0 fully saturated rings. The summed E-state index contributed by atoms with van der Waals surface area (Å²) in [6.07, 6.45) is 0. The highest BCUT2D eigenvalue weighted by Crippen LogP contribution is 2.22. The van der Waals surface area contributed by atoms with E-state index in [2.05, 4.69) is 21.1 Å². The van der Waals surface area contributed by atoms with Crippen LogP contribution >= 0.6 is 15.9 Å². The van der Waals surface area contributed by atoms with E-state index in [1.165, 1.54) is 12.1 Å². The fraction of sp³-hybridized carbons (Fsp3) is 0.211. The van der Waals surface area contributed by atoms with Gasteiger partial charge in [-0.25, -0.2) is 9.18 Å². The van der Waals surface area contributed by atoms with Crippen LogP contribution in [-0.2, 0) is 4.74 Å². The van der Waals surface area contributed by atoms with Crippen molar-refractivity contribution in [2.24, 2.45) is 0 Å². The molecule has 0 amide bonds. The van der Waals surface area contributed by atoms with Crippen LogP contribution in [0.5, 0.6) is 0 Å². The first-order valence-corrected chi connectivity index (χ1v) is 8.85. The summed E-state index contributed by atoms with van der Waals surface area (Å²) in [4.78, 5) is 24.6. The number of esters is 1. The third kappa shape index (κ3) is 3.85. The SMILES string of the molecule is Cc1cc(-n2c(C)cc(C(=O)COC(=O)c3cc(Br)ccc3F)c2C)no1. The summed E-state index contributed by atoms with van der Waals surface area (Å²) in [5.74, 6) is -0.790. The van der Waals surface area contributed by atoms with Crippen LogP contribution in [0.1, 0.15) is 37.9 Å². The largest absolute Gasteiger partial charge is 0.454 e. The van der Waals surface area contributed by atoms with Gasteiger partial charge in [-0.3, -0.25) is 9.36 Å². The number of carbonyl (C=O) groups is 2. The van der Waals surface area contributed by atoms with Crippen LogP contribution in [0.25, 0.3) is 5.82 Å². The number of hydrogen-bond acceptors (Lipinski definition) is 5. The average Bonchev–Trinajstić information content (AvgIpc) is 3.17. The average molecular weight is 435 g/mol. The Morgan fingerprint density at radius 3 is 2.59 bits per heavy atom. The number of carbonyl (C=O) groups excluding carboxylic acids is 2. The predicted octanol–water partition coefficient (Wildman–Crippen LogP) is 4.33. The van der Waals surface area contributed by atoms with E-state index < -0.39 is 24.2 Å². The van der Waals surface area contributed by atoms with Crippen LogP contribution in [-0.4, -0.2) is 28.1 Å². The van der Waals surface area contributed by atoms with Crippen molar-refractivity contribution in [1.82, 2.24) is 9.72 Å². The number of benzene rings is 1. The van der Waals surface area contributed by atoms with E-state index in [1.54, 1.807) is 30.5 Å². The summed E-state index contributed by atoms with van der Waals surface area (Å²) in [5, 5.41) is 3.96. The Labute approximate surface area is 163 Å². The van der Waals surface area contributed by atoms with E-state index in [0.29, 0.717) is 27.3 Å². The normalized spacial score (nSPS) is 10.9. The molecule has 0 bridgehead atoms. The van der Waals surface area contributed by atoms with Crippen LogP contribution in [0.3, 0.4) is 0 Å². The lowest BCUT2D eigenvalue weighted by Crippen LogP contribution is -2.16. The summed E-state index contributed by atoms with van der Waals surface area (Å²) in [6, 6.07) is 7.37. The molecule has 0 N–H and O–H groups in total. The van der Waals surface area contributed by atoms with Gasteiger partial charge in [-0.15, -0.1) is 0 Å². The van der Waals surface area contributed by atoms with E-state index >= 15 is 0 Å². The molecule has 140 valence electrons. The molecule has 0 atom stereocenters. The molecule has 6 nitrogen and oxygen atoms in total. The Hall–Kier alpha value is -2.74. The van der Waals surface area contributed by atoms with Crippen molar-refractivity contribution in [3.63, 3.8) is 0 Å². The number of aryl methyl sites for hydroxylation is 2. The highest BCUT2D eigenvalue weighted by molar-refractivity contribution is 9.10. The smallest absolute Gasteiger partial charge is 0.341 e. The number of aromatic nitrogens is 2. The minimum absolute atomic E-state index is 0.235. The zero-order valence-electron chi connectivity index (χ0n) is 14.9. The predicted molar refractivity (Wildman–Crippen MR) is 98.8 cm³/mol. The lowest BCUT2D eigenvalue weighted by molar-refractivity contribution is 0.0470. The summed E-state index contributed by atoms with van der Waals surface area (Å²) in [7, 11) is 0. The van der Waals surface area contributed by atoms with E-state index in [4.69, 9.17) is 9.26 Å². The Bertz CT molecular complexity index is 1040. The molecule has 3 aromatic rings. The molecule has 1 aromatic carbocycles. The van der Waals surface area contributed by atoms with Crippen LogP contribution in [0.15, 0.2) is 39.3 Å². The molecule has 2 aromatic heterocycles. The highest BCUT2D eigenvalue weighted by atomic mass is 79.9. The number of rotatable bonds is 5. The van der Waals surface area contributed by atoms with Gasteiger partial charge in [0, 0.05) is 27.5 Å². The molecule has 0 spiro atoms. The van der Waals surface area contributed by atoms with Gasteiger partial charge in [-0.1, -0.05) is 21.1 Å². The maximum atomic E-state index is 13.8. The first kappa shape index (κ1) is 19.0. The van der Waals surface area contributed by atoms with Crippen LogP contribution in [0.4, 0.5) is 4.39 Å². The quantitative estimate of drug-likeness (QED) is 0.441. The molecule has 0 aliphatic rings. The molecule has 27 heavy (non-hydrogen) atoms. The molecular weight excluding hydrogens is 419 g/mol. The van der Waals surface area contributed by atoms with E-state index in [-0.39, 0.29) is 5.56 Å². The van der Waals surface area contributed by atoms with Crippen LogP contribution < -0.4 is 0 Å². The molecule has 0 aliphatic carbocycles. The second-order valence-electron chi connectivity index (χ2n) is 6.04. The molecule has 0 radical (unpaired) electrons. The van der Waals surface area contributed by atoms with Crippen molar-refractivity contribution in [3.8, 4) is 5.82 Å². The second-order valence-corrected chi connectivity index (χ2v) is 6.96. The molecule has 2 heterocycles. The van der Waals surface area contributed by atoms with Crippen molar-refractivity contribution >= 4 is 27.7 Å². The van der Waals surface area contributed by atoms with Gasteiger partial charge >= 0.3 is 5.97 Å². The molecule has 0 unspecified atom stereocenters. The van der Waals surface area contributed by atoms with Gasteiger partial charge in [-0.05, 0) is 45.0 Å². The fourth-order valence-electron chi connectivity index (χ4n) is 2.80. The Morgan fingerprint density at radius 1 is 1.19 bits per heavy atom. The van der Waals surface area contributed by atoms with Crippen molar-refractivity contribution in [3.05, 3.63) is 68.9 Å². The van der Waals surface area contributed by atoms with Gasteiger partial charge in [0.1, 0.15) is 11.6 Å². The monoisotopic (exact) mass is 434 g/mol. The minimum atomic E-state index is -0.900. The van der Waals surface area contributed by atoms with Gasteiger partial charge in [0.25, 0.3) is 0 Å². The molecule has 0 saturated heterocycles. The van der Waals surface area contributed by atoms with Gasteiger partial charge in [0.15, 0.2) is 12.4 Å². The summed E-state index contributed by atoms with van der Waals surface area (Å²) < 4.78 is 26.1. The van der Waals surface area contributed by atoms with Gasteiger partial charge in [-0.2, -0.15) is 0 Å². The Kier molecular flexibility index (Phi) is 5.27. The number of Topliss-reactive ketones (excluding diaryl/α,β-unsaturated/α-hetero) is 1. The van der Waals surface area contributed by atoms with E-state index in [0.717, 1.165) is 11.8 Å². The number of ketones is 1. The molecule has 3 rings (SSSR count). The van der Waals surface area contributed by atoms with E-state index in [1.807, 2.05) is 6.92 Å². The van der Waals surface area contributed by atoms with Crippen molar-refractivity contribution in [2.75, 3.05) is 6.61 Å². The van der Waals surface area contributed by atoms with Gasteiger partial charge < -0.3 is 9.26 Å².